The lowest BCUT2D eigenvalue weighted by Gasteiger charge is -2.38. The second kappa shape index (κ2) is 11.9. The van der Waals surface area contributed by atoms with Crippen molar-refractivity contribution in [2.24, 2.45) is 0 Å². The molecule has 1 amide bonds. The second-order valence-corrected chi connectivity index (χ2v) is 7.54. The lowest BCUT2D eigenvalue weighted by Crippen LogP contribution is -2.51. The lowest BCUT2D eigenvalue weighted by molar-refractivity contribution is -0.385. The second-order valence-electron chi connectivity index (χ2n) is 7.54. The highest BCUT2D eigenvalue weighted by molar-refractivity contribution is 5.86. The van der Waals surface area contributed by atoms with Gasteiger partial charge in [-0.1, -0.05) is 0 Å². The summed E-state index contributed by atoms with van der Waals surface area (Å²) < 4.78 is 0. The Morgan fingerprint density at radius 1 is 1.07 bits per heavy atom. The number of nitrogens with zero attached hydrogens (tertiary/aromatic N) is 5. The van der Waals surface area contributed by atoms with Crippen molar-refractivity contribution in [1.29, 1.82) is 0 Å². The molecule has 4 rings (SSSR count). The van der Waals surface area contributed by atoms with Gasteiger partial charge in [-0.3, -0.25) is 19.8 Å². The van der Waals surface area contributed by atoms with E-state index in [9.17, 15) is 14.9 Å². The zero-order valence-electron chi connectivity index (χ0n) is 16.6. The fourth-order valence-corrected chi connectivity index (χ4v) is 4.33. The van der Waals surface area contributed by atoms with Gasteiger partial charge in [-0.15, -0.1) is 37.2 Å². The molecule has 1 aromatic rings. The molecule has 3 aliphatic heterocycles. The fourth-order valence-electron chi connectivity index (χ4n) is 4.33. The first-order valence-electron chi connectivity index (χ1n) is 9.73. The predicted octanol–water partition coefficient (Wildman–Crippen LogP) is 1.73. The molecule has 2 atom stereocenters. The molecule has 12 heteroatoms. The van der Waals surface area contributed by atoms with Crippen LogP contribution in [0, 0.1) is 10.1 Å². The summed E-state index contributed by atoms with van der Waals surface area (Å²) in [6.45, 7) is 6.18. The largest absolute Gasteiger partial charge is 0.354 e. The molecule has 0 aromatic carbocycles. The van der Waals surface area contributed by atoms with E-state index < -0.39 is 4.92 Å². The van der Waals surface area contributed by atoms with Crippen LogP contribution in [0.25, 0.3) is 0 Å². The molecule has 0 radical (unpaired) electrons. The molecule has 170 valence electrons. The molecule has 0 unspecified atom stereocenters. The third-order valence-electron chi connectivity index (χ3n) is 5.92. The van der Waals surface area contributed by atoms with Crippen LogP contribution in [0.4, 0.5) is 11.5 Å². The highest BCUT2D eigenvalue weighted by atomic mass is 35.5. The number of aromatic nitrogens is 1. The third-order valence-corrected chi connectivity index (χ3v) is 5.92. The first-order chi connectivity index (χ1) is 13.1. The van der Waals surface area contributed by atoms with Gasteiger partial charge in [-0.25, -0.2) is 4.98 Å². The van der Waals surface area contributed by atoms with E-state index in [1.165, 1.54) is 12.3 Å². The van der Waals surface area contributed by atoms with Crippen molar-refractivity contribution in [1.82, 2.24) is 20.1 Å². The summed E-state index contributed by atoms with van der Waals surface area (Å²) >= 11 is 0. The summed E-state index contributed by atoms with van der Waals surface area (Å²) in [7, 11) is 0. The number of carbonyl (C=O) groups excluding carboxylic acids is 1. The van der Waals surface area contributed by atoms with Gasteiger partial charge in [0.2, 0.25) is 5.91 Å². The number of amides is 1. The molecular formula is C18H29Cl3N6O3. The molecule has 1 N–H and O–H groups in total. The summed E-state index contributed by atoms with van der Waals surface area (Å²) in [5, 5.41) is 14.2. The summed E-state index contributed by atoms with van der Waals surface area (Å²) in [6.07, 6.45) is 4.45. The average molecular weight is 484 g/mol. The predicted molar refractivity (Wildman–Crippen MR) is 122 cm³/mol. The van der Waals surface area contributed by atoms with Gasteiger partial charge in [-0.2, -0.15) is 0 Å². The molecule has 4 heterocycles. The Kier molecular flexibility index (Phi) is 10.5. The topological polar surface area (TPSA) is 94.8 Å². The van der Waals surface area contributed by atoms with E-state index in [1.807, 2.05) is 4.90 Å². The maximum Gasteiger partial charge on any atom is 0.287 e. The average Bonchev–Trinajstić information content (AvgIpc) is 3.40. The van der Waals surface area contributed by atoms with Crippen molar-refractivity contribution in [3.8, 4) is 0 Å². The number of nitro groups is 1. The van der Waals surface area contributed by atoms with E-state index >= 15 is 0 Å². The highest BCUT2D eigenvalue weighted by Crippen LogP contribution is 2.22. The van der Waals surface area contributed by atoms with Gasteiger partial charge in [0.15, 0.2) is 0 Å². The maximum atomic E-state index is 12.6. The number of nitrogens with one attached hydrogen (secondary N) is 1. The van der Waals surface area contributed by atoms with Gasteiger partial charge in [0.25, 0.3) is 5.69 Å². The minimum atomic E-state index is -0.429. The molecule has 30 heavy (non-hydrogen) atoms. The number of rotatable bonds is 4. The zero-order chi connectivity index (χ0) is 18.8. The Labute approximate surface area is 194 Å². The first kappa shape index (κ1) is 26.6. The lowest BCUT2D eigenvalue weighted by atomic mass is 10.1. The first-order valence-corrected chi connectivity index (χ1v) is 9.73. The van der Waals surface area contributed by atoms with Crippen LogP contribution in [0.1, 0.15) is 19.3 Å². The van der Waals surface area contributed by atoms with E-state index in [-0.39, 0.29) is 54.9 Å². The van der Waals surface area contributed by atoms with Crippen molar-refractivity contribution in [2.75, 3.05) is 50.7 Å². The van der Waals surface area contributed by atoms with Crippen molar-refractivity contribution >= 4 is 54.6 Å². The standard InChI is InChI=1S/C18H26N6O3.3ClH/c25-18(23-5-1-2-6-23)16-11-15(13-19-16)21-7-9-22(10-8-21)17-4-3-14(12-20-17)24(26)27;;;/h3-4,12,15-16,19H,1-2,5-11,13H2;3*1H/t15-,16-;;;/m0.../s1. The molecule has 9 nitrogen and oxygen atoms in total. The molecular weight excluding hydrogens is 455 g/mol. The van der Waals surface area contributed by atoms with Crippen LogP contribution in [-0.2, 0) is 4.79 Å². The van der Waals surface area contributed by atoms with Crippen LogP contribution in [0.2, 0.25) is 0 Å². The number of likely N-dealkylation sites (tertiary alicyclic amines) is 1. The van der Waals surface area contributed by atoms with Gasteiger partial charge in [0, 0.05) is 57.9 Å². The molecule has 3 aliphatic rings. The monoisotopic (exact) mass is 482 g/mol. The number of anilines is 1. The zero-order valence-corrected chi connectivity index (χ0v) is 19.1. The van der Waals surface area contributed by atoms with E-state index in [0.29, 0.717) is 6.04 Å². The SMILES string of the molecule is Cl.Cl.Cl.O=C([C@@H]1C[C@H](N2CCN(c3ccc([N+](=O)[O-])cn3)CC2)CN1)N1CCCC1. The normalized spacial score (nSPS) is 23.9. The fraction of sp³-hybridized carbons (Fsp3) is 0.667. The van der Waals surface area contributed by atoms with E-state index in [4.69, 9.17) is 0 Å². The van der Waals surface area contributed by atoms with Gasteiger partial charge in [0.1, 0.15) is 12.0 Å². The molecule has 3 saturated heterocycles. The van der Waals surface area contributed by atoms with Crippen LogP contribution < -0.4 is 10.2 Å². The summed E-state index contributed by atoms with van der Waals surface area (Å²) in [4.78, 5) is 33.7. The van der Waals surface area contributed by atoms with Crippen molar-refractivity contribution < 1.29 is 9.72 Å². The Balaban J connectivity index is 0.00000150. The molecule has 0 bridgehead atoms. The van der Waals surface area contributed by atoms with Crippen LogP contribution in [0.3, 0.4) is 0 Å². The quantitative estimate of drug-likeness (QED) is 0.515. The number of hydrogen-bond acceptors (Lipinski definition) is 7. The Hall–Kier alpha value is -1.39. The minimum Gasteiger partial charge on any atom is -0.354 e. The number of hydrogen-bond donors (Lipinski definition) is 1. The Bertz CT molecular complexity index is 697. The Morgan fingerprint density at radius 2 is 1.73 bits per heavy atom. The van der Waals surface area contributed by atoms with Gasteiger partial charge in [0.05, 0.1) is 11.0 Å². The van der Waals surface area contributed by atoms with Crippen molar-refractivity contribution in [3.05, 3.63) is 28.4 Å². The summed E-state index contributed by atoms with van der Waals surface area (Å²) in [6, 6.07) is 3.58. The number of halogens is 3. The number of carbonyl (C=O) groups is 1. The minimum absolute atomic E-state index is 0. The van der Waals surface area contributed by atoms with Crippen molar-refractivity contribution in [3.63, 3.8) is 0 Å². The number of piperazine rings is 1. The maximum absolute atomic E-state index is 12.6. The number of pyridine rings is 1. The van der Waals surface area contributed by atoms with E-state index in [2.05, 4.69) is 20.1 Å². The van der Waals surface area contributed by atoms with Crippen LogP contribution in [0.5, 0.6) is 0 Å². The molecule has 0 saturated carbocycles. The molecule has 3 fully saturated rings. The molecule has 1 aromatic heterocycles. The van der Waals surface area contributed by atoms with Crippen molar-refractivity contribution in [2.45, 2.75) is 31.3 Å². The van der Waals surface area contributed by atoms with Gasteiger partial charge in [-0.05, 0) is 25.3 Å². The highest BCUT2D eigenvalue weighted by Gasteiger charge is 2.36. The summed E-state index contributed by atoms with van der Waals surface area (Å²) in [5.41, 5.74) is 0.0168. The third kappa shape index (κ3) is 5.85. The van der Waals surface area contributed by atoms with E-state index in [1.54, 1.807) is 6.07 Å². The van der Waals surface area contributed by atoms with E-state index in [0.717, 1.165) is 70.9 Å². The van der Waals surface area contributed by atoms with Crippen LogP contribution in [0.15, 0.2) is 18.3 Å². The van der Waals surface area contributed by atoms with Crippen LogP contribution in [-0.4, -0.2) is 83.5 Å². The van der Waals surface area contributed by atoms with Gasteiger partial charge < -0.3 is 15.1 Å². The summed E-state index contributed by atoms with van der Waals surface area (Å²) in [5.74, 6) is 1.05. The smallest absolute Gasteiger partial charge is 0.287 e. The molecule has 0 spiro atoms. The van der Waals surface area contributed by atoms with Gasteiger partial charge >= 0.3 is 0 Å². The molecule has 0 aliphatic carbocycles. The van der Waals surface area contributed by atoms with Crippen LogP contribution >= 0.6 is 37.2 Å². The Morgan fingerprint density at radius 3 is 2.30 bits per heavy atom.